The number of benzene rings is 1. The maximum Gasteiger partial charge on any atom is 0.220 e. The normalized spacial score (nSPS) is 26.5. The molecule has 0 aromatic heterocycles. The van der Waals surface area contributed by atoms with Gasteiger partial charge in [0.2, 0.25) is 5.91 Å². The Kier molecular flexibility index (Phi) is 3.05. The lowest BCUT2D eigenvalue weighted by Gasteiger charge is -2.43. The van der Waals surface area contributed by atoms with Crippen molar-refractivity contribution in [2.75, 3.05) is 13.1 Å². The number of piperidine rings is 1. The van der Waals surface area contributed by atoms with Crippen LogP contribution in [0.15, 0.2) is 36.9 Å². The van der Waals surface area contributed by atoms with Crippen molar-refractivity contribution in [2.24, 2.45) is 0 Å². The number of nitrogens with zero attached hydrogens (tertiary/aromatic N) is 1. The van der Waals surface area contributed by atoms with Crippen LogP contribution in [-0.2, 0) is 4.79 Å². The van der Waals surface area contributed by atoms with Gasteiger partial charge in [-0.15, -0.1) is 0 Å². The topological polar surface area (TPSA) is 32.3 Å². The molecule has 2 aliphatic heterocycles. The molecule has 1 amide bonds. The van der Waals surface area contributed by atoms with Gasteiger partial charge < -0.3 is 10.2 Å². The van der Waals surface area contributed by atoms with E-state index in [2.05, 4.69) is 28.9 Å². The molecule has 3 nitrogen and oxygen atoms in total. The van der Waals surface area contributed by atoms with Gasteiger partial charge in [-0.1, -0.05) is 36.9 Å². The molecule has 2 aliphatic rings. The van der Waals surface area contributed by atoms with Crippen LogP contribution < -0.4 is 5.32 Å². The quantitative estimate of drug-likeness (QED) is 0.881. The number of carbonyl (C=O) groups is 1. The lowest BCUT2D eigenvalue weighted by atomic mass is 9.86. The van der Waals surface area contributed by atoms with Gasteiger partial charge in [-0.3, -0.25) is 4.79 Å². The smallest absolute Gasteiger partial charge is 0.220 e. The van der Waals surface area contributed by atoms with E-state index in [9.17, 15) is 4.79 Å². The van der Waals surface area contributed by atoms with Crippen molar-refractivity contribution >= 4 is 11.6 Å². The predicted octanol–water partition coefficient (Wildman–Crippen LogP) is 2.40. The molecule has 3 heteroatoms. The van der Waals surface area contributed by atoms with Crippen molar-refractivity contribution < 1.29 is 4.79 Å². The van der Waals surface area contributed by atoms with E-state index in [-0.39, 0.29) is 11.4 Å². The molecule has 0 radical (unpaired) electrons. The monoisotopic (exact) mass is 256 g/mol. The molecule has 100 valence electrons. The van der Waals surface area contributed by atoms with Crippen molar-refractivity contribution in [1.29, 1.82) is 0 Å². The second-order valence-electron chi connectivity index (χ2n) is 5.57. The van der Waals surface area contributed by atoms with E-state index in [0.717, 1.165) is 31.6 Å². The van der Waals surface area contributed by atoms with E-state index in [1.54, 1.807) is 0 Å². The number of rotatable bonds is 2. The van der Waals surface area contributed by atoms with Gasteiger partial charge in [-0.25, -0.2) is 0 Å². The minimum atomic E-state index is 0.0981. The molecular weight excluding hydrogens is 236 g/mol. The third-order valence-electron chi connectivity index (χ3n) is 4.46. The summed E-state index contributed by atoms with van der Waals surface area (Å²) in [6.07, 6.45) is 3.92. The summed E-state index contributed by atoms with van der Waals surface area (Å²) < 4.78 is 0. The number of hydrogen-bond donors (Lipinski definition) is 1. The van der Waals surface area contributed by atoms with Gasteiger partial charge in [-0.05, 0) is 24.8 Å². The van der Waals surface area contributed by atoms with Gasteiger partial charge in [0.1, 0.15) is 0 Å². The summed E-state index contributed by atoms with van der Waals surface area (Å²) >= 11 is 0. The van der Waals surface area contributed by atoms with Crippen molar-refractivity contribution in [3.8, 4) is 0 Å². The second kappa shape index (κ2) is 4.72. The first kappa shape index (κ1) is 12.3. The summed E-state index contributed by atoms with van der Waals surface area (Å²) in [6.45, 7) is 6.10. The van der Waals surface area contributed by atoms with Crippen molar-refractivity contribution in [2.45, 2.75) is 31.2 Å². The van der Waals surface area contributed by atoms with E-state index in [1.807, 2.05) is 18.2 Å². The third-order valence-corrected chi connectivity index (χ3v) is 4.46. The van der Waals surface area contributed by atoms with Gasteiger partial charge >= 0.3 is 0 Å². The highest BCUT2D eigenvalue weighted by atomic mass is 16.1. The molecule has 3 rings (SSSR count). The predicted molar refractivity (Wildman–Crippen MR) is 76.4 cm³/mol. The number of nitrogens with one attached hydrogen (secondary N) is 1. The largest absolute Gasteiger partial charge is 0.364 e. The number of hydrogen-bond acceptors (Lipinski definition) is 2. The zero-order valence-electron chi connectivity index (χ0n) is 11.2. The summed E-state index contributed by atoms with van der Waals surface area (Å²) in [4.78, 5) is 13.8. The summed E-state index contributed by atoms with van der Waals surface area (Å²) in [5.41, 5.74) is 2.37. The molecule has 1 atom stereocenters. The van der Waals surface area contributed by atoms with Gasteiger partial charge in [0.15, 0.2) is 0 Å². The lowest BCUT2D eigenvalue weighted by molar-refractivity contribution is -0.124. The molecular formula is C16H20N2O. The minimum absolute atomic E-state index is 0.0981. The summed E-state index contributed by atoms with van der Waals surface area (Å²) in [5, 5.41) is 3.03. The summed E-state index contributed by atoms with van der Waals surface area (Å²) in [7, 11) is 0. The molecule has 1 N–H and O–H groups in total. The lowest BCUT2D eigenvalue weighted by Crippen LogP contribution is -2.55. The maximum absolute atomic E-state index is 11.4. The van der Waals surface area contributed by atoms with Crippen LogP contribution in [0, 0.1) is 0 Å². The highest BCUT2D eigenvalue weighted by Crippen LogP contribution is 2.39. The molecule has 0 saturated carbocycles. The fourth-order valence-corrected chi connectivity index (χ4v) is 3.38. The molecule has 2 saturated heterocycles. The zero-order valence-corrected chi connectivity index (χ0v) is 11.2. The Morgan fingerprint density at radius 2 is 2.05 bits per heavy atom. The summed E-state index contributed by atoms with van der Waals surface area (Å²) in [5.74, 6) is 0.183. The van der Waals surface area contributed by atoms with Crippen LogP contribution >= 0.6 is 0 Å². The first-order valence-electron chi connectivity index (χ1n) is 7.00. The molecule has 1 aromatic carbocycles. The van der Waals surface area contributed by atoms with Crippen LogP contribution in [0.25, 0.3) is 5.70 Å². The van der Waals surface area contributed by atoms with Crippen LogP contribution in [0.2, 0.25) is 0 Å². The molecule has 19 heavy (non-hydrogen) atoms. The Balaban J connectivity index is 1.84. The summed E-state index contributed by atoms with van der Waals surface area (Å²) in [6, 6.07) is 10.3. The van der Waals surface area contributed by atoms with Crippen molar-refractivity contribution in [3.63, 3.8) is 0 Å². The first-order valence-corrected chi connectivity index (χ1v) is 7.00. The number of amides is 1. The molecule has 1 unspecified atom stereocenters. The Hall–Kier alpha value is -1.77. The average molecular weight is 256 g/mol. The molecule has 0 bridgehead atoms. The van der Waals surface area contributed by atoms with Crippen molar-refractivity contribution in [3.05, 3.63) is 42.5 Å². The molecule has 1 spiro atoms. The Morgan fingerprint density at radius 1 is 1.26 bits per heavy atom. The molecule has 2 heterocycles. The van der Waals surface area contributed by atoms with Gasteiger partial charge in [0.25, 0.3) is 0 Å². The highest BCUT2D eigenvalue weighted by Gasteiger charge is 2.43. The molecule has 2 fully saturated rings. The Labute approximate surface area is 114 Å². The van der Waals surface area contributed by atoms with E-state index in [1.165, 1.54) is 12.0 Å². The number of likely N-dealkylation sites (tertiary alicyclic amines) is 1. The van der Waals surface area contributed by atoms with Gasteiger partial charge in [-0.2, -0.15) is 0 Å². The van der Waals surface area contributed by atoms with E-state index < -0.39 is 0 Å². The van der Waals surface area contributed by atoms with Crippen molar-refractivity contribution in [1.82, 2.24) is 10.2 Å². The van der Waals surface area contributed by atoms with E-state index in [0.29, 0.717) is 6.42 Å². The van der Waals surface area contributed by atoms with Crippen LogP contribution in [0.3, 0.4) is 0 Å². The Bertz CT molecular complexity index is 485. The Morgan fingerprint density at radius 3 is 2.74 bits per heavy atom. The van der Waals surface area contributed by atoms with Gasteiger partial charge in [0.05, 0.1) is 5.54 Å². The van der Waals surface area contributed by atoms with Crippen LogP contribution in [-0.4, -0.2) is 29.4 Å². The van der Waals surface area contributed by atoms with Crippen LogP contribution in [0.4, 0.5) is 0 Å². The maximum atomic E-state index is 11.4. The van der Waals surface area contributed by atoms with Crippen LogP contribution in [0.5, 0.6) is 0 Å². The SMILES string of the molecule is C=C(c1ccccc1)N1CCCC12CCC(=O)NC2. The van der Waals surface area contributed by atoms with E-state index in [4.69, 9.17) is 0 Å². The van der Waals surface area contributed by atoms with E-state index >= 15 is 0 Å². The first-order chi connectivity index (χ1) is 9.21. The average Bonchev–Trinajstić information content (AvgIpc) is 2.86. The fourth-order valence-electron chi connectivity index (χ4n) is 3.38. The number of carbonyl (C=O) groups excluding carboxylic acids is 1. The fraction of sp³-hybridized carbons (Fsp3) is 0.438. The molecule has 1 aromatic rings. The minimum Gasteiger partial charge on any atom is -0.364 e. The zero-order chi connectivity index (χ0) is 13.3. The molecule has 0 aliphatic carbocycles. The third kappa shape index (κ3) is 2.14. The standard InChI is InChI=1S/C16H20N2O/c1-13(14-6-3-2-4-7-14)18-11-5-9-16(18)10-8-15(19)17-12-16/h2-4,6-7H,1,5,8-12H2,(H,17,19). The highest BCUT2D eigenvalue weighted by molar-refractivity contribution is 5.77. The van der Waals surface area contributed by atoms with Crippen LogP contribution in [0.1, 0.15) is 31.2 Å². The second-order valence-corrected chi connectivity index (χ2v) is 5.57. The van der Waals surface area contributed by atoms with Gasteiger partial charge in [0, 0.05) is 25.2 Å².